The van der Waals surface area contributed by atoms with E-state index in [0.717, 1.165) is 5.69 Å². The van der Waals surface area contributed by atoms with Crippen molar-refractivity contribution in [3.05, 3.63) is 40.2 Å². The average molecular weight is 516 g/mol. The molecule has 37 heavy (non-hydrogen) atoms. The largest absolute Gasteiger partial charge is 0.508 e. The lowest BCUT2D eigenvalue weighted by molar-refractivity contribution is -0.153. The number of carbonyl (C=O) groups is 3. The number of ether oxygens (including phenoxy) is 1. The van der Waals surface area contributed by atoms with E-state index in [9.17, 15) is 34.8 Å². The number of phenols is 1. The zero-order chi connectivity index (χ0) is 26.1. The third-order valence-electron chi connectivity index (χ3n) is 7.93. The van der Waals surface area contributed by atoms with Gasteiger partial charge in [0.05, 0.1) is 24.8 Å². The molecular formula is C26H33N3O8. The third-order valence-corrected chi connectivity index (χ3v) is 7.93. The highest BCUT2D eigenvalue weighted by Crippen LogP contribution is 2.53. The van der Waals surface area contributed by atoms with Crippen molar-refractivity contribution in [1.82, 2.24) is 4.90 Å². The first-order valence-corrected chi connectivity index (χ1v) is 11.8. The van der Waals surface area contributed by atoms with Gasteiger partial charge < -0.3 is 35.8 Å². The van der Waals surface area contributed by atoms with Gasteiger partial charge >= 0.3 is 0 Å². The number of aliphatic hydroxyl groups is 3. The van der Waals surface area contributed by atoms with Gasteiger partial charge in [-0.25, -0.2) is 0 Å². The minimum absolute atomic E-state index is 0. The molecule has 1 aromatic carbocycles. The van der Waals surface area contributed by atoms with E-state index in [2.05, 4.69) is 4.90 Å². The molecule has 2 fully saturated rings. The summed E-state index contributed by atoms with van der Waals surface area (Å²) in [6.45, 7) is 2.29. The van der Waals surface area contributed by atoms with E-state index in [1.54, 1.807) is 20.2 Å². The highest BCUT2D eigenvalue weighted by atomic mass is 16.5. The number of likely N-dealkylation sites (N-methyl/N-ethyl adjacent to an activating group) is 1. The van der Waals surface area contributed by atoms with Gasteiger partial charge in [-0.15, -0.1) is 0 Å². The number of rotatable bonds is 3. The molecule has 4 aliphatic rings. The Morgan fingerprint density at radius 2 is 1.81 bits per heavy atom. The number of Topliss-reactive ketones (excluding diaryl/α,β-unsaturated/α-hetero) is 2. The summed E-state index contributed by atoms with van der Waals surface area (Å²) in [6.07, 6.45) is 0.319. The van der Waals surface area contributed by atoms with E-state index in [4.69, 9.17) is 10.5 Å². The number of nitrogens with zero attached hydrogens (tertiary/aromatic N) is 2. The minimum Gasteiger partial charge on any atom is -0.508 e. The van der Waals surface area contributed by atoms with E-state index >= 15 is 0 Å². The summed E-state index contributed by atoms with van der Waals surface area (Å²) in [5.41, 5.74) is 3.27. The molecule has 11 heteroatoms. The second-order valence-corrected chi connectivity index (χ2v) is 10.0. The Bertz CT molecular complexity index is 1250. The fraction of sp³-hybridized carbons (Fsp3) is 0.500. The number of primary amides is 1. The Labute approximate surface area is 214 Å². The summed E-state index contributed by atoms with van der Waals surface area (Å²) >= 11 is 0. The first-order chi connectivity index (χ1) is 17.0. The van der Waals surface area contributed by atoms with Crippen LogP contribution in [-0.2, 0) is 25.5 Å². The number of carbonyl (C=O) groups excluding carboxylic acids is 3. The van der Waals surface area contributed by atoms with Gasteiger partial charge in [0.1, 0.15) is 22.8 Å². The van der Waals surface area contributed by atoms with Crippen molar-refractivity contribution in [1.29, 1.82) is 0 Å². The maximum Gasteiger partial charge on any atom is 0.255 e. The molecule has 3 aliphatic carbocycles. The van der Waals surface area contributed by atoms with Gasteiger partial charge in [0.15, 0.2) is 11.4 Å². The van der Waals surface area contributed by atoms with Crippen LogP contribution in [0.25, 0.3) is 5.76 Å². The van der Waals surface area contributed by atoms with E-state index in [1.807, 2.05) is 0 Å². The number of amides is 1. The lowest BCUT2D eigenvalue weighted by Gasteiger charge is -2.50. The zero-order valence-corrected chi connectivity index (χ0v) is 20.0. The van der Waals surface area contributed by atoms with Crippen molar-refractivity contribution >= 4 is 28.9 Å². The monoisotopic (exact) mass is 515 g/mol. The van der Waals surface area contributed by atoms with E-state index in [0.29, 0.717) is 31.9 Å². The number of anilines is 1. The van der Waals surface area contributed by atoms with E-state index in [1.165, 1.54) is 11.0 Å². The normalized spacial score (nSPS) is 29.5. The molecule has 11 nitrogen and oxygen atoms in total. The van der Waals surface area contributed by atoms with Gasteiger partial charge in [0.2, 0.25) is 5.78 Å². The number of phenolic OH excluding ortho intramolecular Hbond substituents is 1. The first kappa shape index (κ1) is 26.6. The Hall–Kier alpha value is -3.41. The lowest BCUT2D eigenvalue weighted by Crippen LogP contribution is -2.65. The van der Waals surface area contributed by atoms with E-state index < -0.39 is 58.0 Å². The molecule has 0 spiro atoms. The molecule has 1 amide bonds. The van der Waals surface area contributed by atoms with Gasteiger partial charge in [-0.1, -0.05) is 7.43 Å². The highest BCUT2D eigenvalue weighted by molar-refractivity contribution is 6.24. The van der Waals surface area contributed by atoms with Gasteiger partial charge in [0.25, 0.3) is 5.91 Å². The second kappa shape index (κ2) is 9.16. The van der Waals surface area contributed by atoms with Crippen LogP contribution in [0.15, 0.2) is 29.0 Å². The van der Waals surface area contributed by atoms with E-state index in [-0.39, 0.29) is 37.2 Å². The maximum atomic E-state index is 13.8. The molecule has 1 heterocycles. The quantitative estimate of drug-likeness (QED) is 0.355. The first-order valence-electron chi connectivity index (χ1n) is 11.8. The van der Waals surface area contributed by atoms with Crippen LogP contribution in [0.4, 0.5) is 5.69 Å². The molecule has 0 radical (unpaired) electrons. The molecule has 0 bridgehead atoms. The van der Waals surface area contributed by atoms with Crippen molar-refractivity contribution in [2.24, 2.45) is 17.6 Å². The van der Waals surface area contributed by atoms with Crippen LogP contribution in [0.3, 0.4) is 0 Å². The fourth-order valence-corrected chi connectivity index (χ4v) is 6.33. The van der Waals surface area contributed by atoms with Crippen molar-refractivity contribution < 1.29 is 39.5 Å². The van der Waals surface area contributed by atoms with Crippen LogP contribution in [0, 0.1) is 11.8 Å². The Balaban J connectivity index is 0.00000320. The number of hydrogen-bond acceptors (Lipinski definition) is 10. The van der Waals surface area contributed by atoms with Gasteiger partial charge in [-0.05, 0) is 50.6 Å². The summed E-state index contributed by atoms with van der Waals surface area (Å²) < 4.78 is 5.44. The number of nitrogens with two attached hydrogens (primary N) is 1. The number of morpholine rings is 1. The second-order valence-electron chi connectivity index (χ2n) is 10.0. The van der Waals surface area contributed by atoms with Gasteiger partial charge in [0, 0.05) is 30.3 Å². The topological polar surface area (TPSA) is 174 Å². The third kappa shape index (κ3) is 3.64. The molecule has 4 atom stereocenters. The number of benzene rings is 1. The zero-order valence-electron chi connectivity index (χ0n) is 20.0. The summed E-state index contributed by atoms with van der Waals surface area (Å²) in [4.78, 5) is 42.6. The van der Waals surface area contributed by atoms with Crippen molar-refractivity contribution in [2.45, 2.75) is 31.9 Å². The van der Waals surface area contributed by atoms with Crippen molar-refractivity contribution in [2.75, 3.05) is 45.3 Å². The number of ketones is 2. The van der Waals surface area contributed by atoms with Crippen molar-refractivity contribution in [3.8, 4) is 5.75 Å². The molecule has 1 aliphatic heterocycles. The highest BCUT2D eigenvalue weighted by Gasteiger charge is 2.64. The summed E-state index contributed by atoms with van der Waals surface area (Å²) in [7, 11) is 3.14. The van der Waals surface area contributed by atoms with Gasteiger partial charge in [-0.3, -0.25) is 19.3 Å². The smallest absolute Gasteiger partial charge is 0.255 e. The van der Waals surface area contributed by atoms with Crippen LogP contribution < -0.4 is 10.6 Å². The SMILES string of the molecule is C.CN(C)[C@@H]1C(=O)C(C(N)=O)=C(O)[C@@]2(O)C(=O)C3=C(O)c4c(O)ccc(N5CCOCC5)c4C[C@H]3C[C@@H]12. The minimum atomic E-state index is -2.64. The molecule has 200 valence electrons. The lowest BCUT2D eigenvalue weighted by atomic mass is 9.57. The number of aromatic hydroxyl groups is 1. The molecule has 1 saturated carbocycles. The van der Waals surface area contributed by atoms with Crippen LogP contribution >= 0.6 is 0 Å². The molecule has 0 unspecified atom stereocenters. The summed E-state index contributed by atoms with van der Waals surface area (Å²) in [5, 5.41) is 44.5. The molecule has 6 N–H and O–H groups in total. The van der Waals surface area contributed by atoms with Crippen molar-refractivity contribution in [3.63, 3.8) is 0 Å². The van der Waals surface area contributed by atoms with Crippen LogP contribution in [0.2, 0.25) is 0 Å². The predicted molar refractivity (Wildman–Crippen MR) is 134 cm³/mol. The van der Waals surface area contributed by atoms with Crippen LogP contribution in [0.5, 0.6) is 5.75 Å². The van der Waals surface area contributed by atoms with Crippen LogP contribution in [-0.4, -0.2) is 94.8 Å². The predicted octanol–water partition coefficient (Wildman–Crippen LogP) is 0.437. The van der Waals surface area contributed by atoms with Crippen LogP contribution in [0.1, 0.15) is 25.0 Å². The molecule has 5 rings (SSSR count). The van der Waals surface area contributed by atoms with Gasteiger partial charge in [-0.2, -0.15) is 0 Å². The number of hydrogen-bond donors (Lipinski definition) is 5. The number of aliphatic hydroxyl groups excluding tert-OH is 2. The molecule has 1 aromatic rings. The maximum absolute atomic E-state index is 13.8. The standard InChI is InChI=1S/C25H29N3O8.CH4/c1-27(2)19-13-10-11-9-12-14(28-5-7-36-8-6-28)3-4-15(29)17(12)20(30)16(11)22(32)25(13,35)23(33)18(21(19)31)24(26)34;/h3-4,11,13,19,29-30,33,35H,5-10H2,1-2H3,(H2,26,34);1H4/t11-,13-,19-,25-;/m0./s1. The molecule has 1 saturated heterocycles. The molecule has 0 aromatic heterocycles. The summed E-state index contributed by atoms with van der Waals surface area (Å²) in [5.74, 6) is -6.55. The molecular weight excluding hydrogens is 482 g/mol. The fourth-order valence-electron chi connectivity index (χ4n) is 6.33. The Morgan fingerprint density at radius 3 is 2.41 bits per heavy atom. The Morgan fingerprint density at radius 1 is 1.16 bits per heavy atom. The average Bonchev–Trinajstić information content (AvgIpc) is 2.81. The Kier molecular flexibility index (Phi) is 6.60. The summed E-state index contributed by atoms with van der Waals surface area (Å²) in [6, 6.07) is 2.10. The number of fused-ring (bicyclic) bond motifs is 3.